The molecular formula is C28H19Cl4O8P. The molecule has 0 spiro atoms. The zero-order valence-corrected chi connectivity index (χ0v) is 25.1. The monoisotopic (exact) mass is 654 g/mol. The molecule has 0 aliphatic carbocycles. The second kappa shape index (κ2) is 11.1. The summed E-state index contributed by atoms with van der Waals surface area (Å²) in [6.45, 7) is 0. The van der Waals surface area contributed by atoms with E-state index in [4.69, 9.17) is 74.0 Å². The van der Waals surface area contributed by atoms with E-state index in [9.17, 15) is 9.59 Å². The van der Waals surface area contributed by atoms with Gasteiger partial charge in [-0.1, -0.05) is 0 Å². The van der Waals surface area contributed by atoms with E-state index in [1.54, 1.807) is 54.6 Å². The van der Waals surface area contributed by atoms with Crippen molar-refractivity contribution in [3.63, 3.8) is 0 Å². The Morgan fingerprint density at radius 3 is 1.39 bits per heavy atom. The van der Waals surface area contributed by atoms with Gasteiger partial charge in [0.05, 0.1) is 0 Å². The van der Waals surface area contributed by atoms with Crippen molar-refractivity contribution in [2.24, 2.45) is 0 Å². The van der Waals surface area contributed by atoms with Gasteiger partial charge in [-0.05, 0) is 0 Å². The summed E-state index contributed by atoms with van der Waals surface area (Å²) in [5, 5.41) is -0.232. The number of esters is 2. The van der Waals surface area contributed by atoms with E-state index in [0.717, 1.165) is 0 Å². The van der Waals surface area contributed by atoms with E-state index in [2.05, 4.69) is 0 Å². The number of rotatable bonds is 7. The Morgan fingerprint density at radius 1 is 0.585 bits per heavy atom. The second-order valence-corrected chi connectivity index (χ2v) is 12.8. The van der Waals surface area contributed by atoms with Gasteiger partial charge in [0.15, 0.2) is 0 Å². The van der Waals surface area contributed by atoms with Crippen molar-refractivity contribution in [2.45, 2.75) is 0 Å². The number of hydrogen-bond acceptors (Lipinski definition) is 8. The molecule has 8 nitrogen and oxygen atoms in total. The third kappa shape index (κ3) is 4.90. The molecule has 0 amide bonds. The molecule has 0 saturated carbocycles. The van der Waals surface area contributed by atoms with Crippen molar-refractivity contribution in [1.82, 2.24) is 0 Å². The van der Waals surface area contributed by atoms with Gasteiger partial charge in [0.1, 0.15) is 0 Å². The van der Waals surface area contributed by atoms with Gasteiger partial charge in [-0.15, -0.1) is 0 Å². The quantitative estimate of drug-likeness (QED) is 0.0850. The molecule has 13 heteroatoms. The number of fused-ring (bicyclic) bond motifs is 1. The molecule has 0 saturated heterocycles. The molecule has 0 bridgehead atoms. The van der Waals surface area contributed by atoms with Gasteiger partial charge in [-0.25, -0.2) is 0 Å². The van der Waals surface area contributed by atoms with Crippen LogP contribution < -0.4 is 23.4 Å². The Balaban J connectivity index is 1.86. The van der Waals surface area contributed by atoms with Crippen LogP contribution in [0.5, 0.6) is 23.0 Å². The number of hydrogen-bond donors (Lipinski definition) is 0. The Bertz CT molecular complexity index is 1580. The van der Waals surface area contributed by atoms with Crippen LogP contribution >= 0.6 is 53.9 Å². The number of benzene rings is 4. The number of methoxy groups -OCH3 is 2. The summed E-state index contributed by atoms with van der Waals surface area (Å²) < 4.78 is 36.3. The average Bonchev–Trinajstić information content (AvgIpc) is 3.36. The summed E-state index contributed by atoms with van der Waals surface area (Å²) in [6.07, 6.45) is 0. The molecule has 0 fully saturated rings. The summed E-state index contributed by atoms with van der Waals surface area (Å²) in [4.78, 5) is 25.5. The van der Waals surface area contributed by atoms with Crippen LogP contribution in [0, 0.1) is 0 Å². The SMILES string of the molecule is COC(=O)c1ccccc1OP1(Oc2ccccc2C(=O)OC)(c2ccccc2)Oc2c(Cl)c(Cl)c(Cl)c(Cl)c2O1. The zero-order chi connectivity index (χ0) is 29.4. The predicted molar refractivity (Wildman–Crippen MR) is 158 cm³/mol. The van der Waals surface area contributed by atoms with Crippen LogP contribution in [0.3, 0.4) is 0 Å². The van der Waals surface area contributed by atoms with Crippen LogP contribution in [0.1, 0.15) is 20.7 Å². The molecule has 0 radical (unpaired) electrons. The van der Waals surface area contributed by atoms with E-state index >= 15 is 0 Å². The number of halogens is 4. The summed E-state index contributed by atoms with van der Waals surface area (Å²) >= 11 is 25.9. The van der Waals surface area contributed by atoms with E-state index in [1.165, 1.54) is 38.5 Å². The molecule has 41 heavy (non-hydrogen) atoms. The van der Waals surface area contributed by atoms with Crippen molar-refractivity contribution in [1.29, 1.82) is 0 Å². The van der Waals surface area contributed by atoms with Crippen LogP contribution in [0.2, 0.25) is 20.1 Å². The van der Waals surface area contributed by atoms with Crippen LogP contribution in [0.4, 0.5) is 0 Å². The summed E-state index contributed by atoms with van der Waals surface area (Å²) in [7, 11) is -2.91. The van der Waals surface area contributed by atoms with Crippen LogP contribution in [-0.2, 0) is 9.47 Å². The van der Waals surface area contributed by atoms with Crippen molar-refractivity contribution in [2.75, 3.05) is 14.2 Å². The molecule has 1 aliphatic rings. The Hall–Kier alpha value is -3.39. The minimum absolute atomic E-state index is 0.0243. The molecule has 0 N–H and O–H groups in total. The van der Waals surface area contributed by atoms with Gasteiger partial charge >= 0.3 is 256 Å². The second-order valence-electron chi connectivity index (χ2n) is 8.40. The fourth-order valence-electron chi connectivity index (χ4n) is 4.05. The third-order valence-electron chi connectivity index (χ3n) is 5.95. The minimum atomic E-state index is -5.36. The summed E-state index contributed by atoms with van der Waals surface area (Å²) in [5.74, 6) is -1.74. The Morgan fingerprint density at radius 2 is 0.976 bits per heavy atom. The molecule has 1 aliphatic heterocycles. The first kappa shape index (κ1) is 29.1. The Labute approximate surface area is 254 Å². The summed E-state index contributed by atoms with van der Waals surface area (Å²) in [6, 6.07) is 20.8. The van der Waals surface area contributed by atoms with Crippen molar-refractivity contribution < 1.29 is 37.2 Å². The zero-order valence-electron chi connectivity index (χ0n) is 21.2. The van der Waals surface area contributed by atoms with Gasteiger partial charge in [0.2, 0.25) is 0 Å². The van der Waals surface area contributed by atoms with Crippen molar-refractivity contribution in [3.8, 4) is 23.0 Å². The number of carbonyl (C=O) groups excluding carboxylic acids is 2. The van der Waals surface area contributed by atoms with Crippen molar-refractivity contribution in [3.05, 3.63) is 110 Å². The third-order valence-corrected chi connectivity index (χ3v) is 10.9. The van der Waals surface area contributed by atoms with Crippen molar-refractivity contribution >= 4 is 71.2 Å². The molecule has 0 atom stereocenters. The van der Waals surface area contributed by atoms with Gasteiger partial charge in [-0.2, -0.15) is 0 Å². The first-order valence-corrected chi connectivity index (χ1v) is 15.1. The average molecular weight is 656 g/mol. The maximum atomic E-state index is 12.8. The molecule has 4 aromatic carbocycles. The normalized spacial score (nSPS) is 15.2. The van der Waals surface area contributed by atoms with Gasteiger partial charge in [0.25, 0.3) is 0 Å². The van der Waals surface area contributed by atoms with E-state index in [-0.39, 0.29) is 59.5 Å². The van der Waals surface area contributed by atoms with E-state index in [1.807, 2.05) is 0 Å². The molecule has 212 valence electrons. The molecule has 5 rings (SSSR count). The molecule has 0 aromatic heterocycles. The fraction of sp³-hybridized carbons (Fsp3) is 0.0714. The first-order valence-electron chi connectivity index (χ1n) is 11.7. The van der Waals surface area contributed by atoms with Crippen LogP contribution in [-0.4, -0.2) is 26.2 Å². The van der Waals surface area contributed by atoms with Gasteiger partial charge < -0.3 is 0 Å². The van der Waals surface area contributed by atoms with E-state index < -0.39 is 19.4 Å². The first-order chi connectivity index (χ1) is 19.6. The molecule has 0 unspecified atom stereocenters. The Kier molecular flexibility index (Phi) is 7.90. The van der Waals surface area contributed by atoms with Crippen LogP contribution in [0.15, 0.2) is 78.9 Å². The number of carbonyl (C=O) groups is 2. The topological polar surface area (TPSA) is 89.5 Å². The number of para-hydroxylation sites is 2. The van der Waals surface area contributed by atoms with Gasteiger partial charge in [-0.3, -0.25) is 0 Å². The van der Waals surface area contributed by atoms with Crippen LogP contribution in [0.25, 0.3) is 0 Å². The molecule has 1 heterocycles. The molecular weight excluding hydrogens is 637 g/mol. The van der Waals surface area contributed by atoms with Gasteiger partial charge in [0, 0.05) is 0 Å². The predicted octanol–water partition coefficient (Wildman–Crippen LogP) is 8.34. The molecule has 4 aromatic rings. The van der Waals surface area contributed by atoms with E-state index in [0.29, 0.717) is 0 Å². The number of ether oxygens (including phenoxy) is 2. The standard InChI is InChI=1S/C28H19Cl4O8P/c1-35-27(33)17-12-6-8-14-19(17)37-41(16-10-4-3-5-11-16,38-20-15-9-7-13-18(20)28(34)36-2)39-25-23(31)21(29)22(30)24(32)26(25)40-41/h3-15H,1-2H3. The fourth-order valence-corrected chi connectivity index (χ4v) is 8.33. The maximum absolute atomic E-state index is 12.8. The summed E-state index contributed by atoms with van der Waals surface area (Å²) in [5.41, 5.74) is 0.0485.